The summed E-state index contributed by atoms with van der Waals surface area (Å²) in [6, 6.07) is 25.9. The lowest BCUT2D eigenvalue weighted by Gasteiger charge is -2.51. The van der Waals surface area contributed by atoms with Crippen molar-refractivity contribution in [2.45, 2.75) is 69.8 Å². The molecule has 0 bridgehead atoms. The van der Waals surface area contributed by atoms with Crippen LogP contribution in [0.1, 0.15) is 59.9 Å². The Morgan fingerprint density at radius 2 is 1.47 bits per heavy atom. The highest BCUT2D eigenvalue weighted by molar-refractivity contribution is 5.57. The summed E-state index contributed by atoms with van der Waals surface area (Å²) in [6.45, 7) is 2.07. The van der Waals surface area contributed by atoms with Crippen LogP contribution in [0.4, 0.5) is 0 Å². The first kappa shape index (κ1) is 21.7. The molecule has 2 nitrogen and oxygen atoms in total. The molecule has 2 N–H and O–H groups in total. The fourth-order valence-corrected chi connectivity index (χ4v) is 7.63. The van der Waals surface area contributed by atoms with Gasteiger partial charge >= 0.3 is 0 Å². The number of phenolic OH excluding ortho intramolecular Hbond substituents is 1. The van der Waals surface area contributed by atoms with E-state index in [1.54, 1.807) is 11.1 Å². The molecule has 2 heteroatoms. The molecular weight excluding hydrogens is 416 g/mol. The summed E-state index contributed by atoms with van der Waals surface area (Å²) in [4.78, 5) is 0. The van der Waals surface area contributed by atoms with Crippen LogP contribution in [-0.4, -0.2) is 16.3 Å². The van der Waals surface area contributed by atoms with Crippen molar-refractivity contribution in [3.63, 3.8) is 0 Å². The molecule has 0 aliphatic heterocycles. The Bertz CT molecular complexity index is 1240. The Hall–Kier alpha value is -2.84. The molecular formula is C32H34O2. The molecule has 6 rings (SSSR count). The SMILES string of the molecule is Cc1c(O)ccc2c1CCC1=C3C[C@@H](O)C[C@@]3(Cc3ccccc3)CC[C@]12Cc1ccccc1. The summed E-state index contributed by atoms with van der Waals surface area (Å²) in [7, 11) is 0. The van der Waals surface area contributed by atoms with Crippen LogP contribution in [0.3, 0.4) is 0 Å². The van der Waals surface area contributed by atoms with Gasteiger partial charge in [-0.15, -0.1) is 0 Å². The maximum atomic E-state index is 11.0. The van der Waals surface area contributed by atoms with Gasteiger partial charge in [-0.25, -0.2) is 0 Å². The fraction of sp³-hybridized carbons (Fsp3) is 0.375. The van der Waals surface area contributed by atoms with Crippen LogP contribution < -0.4 is 0 Å². The largest absolute Gasteiger partial charge is 0.508 e. The molecule has 3 atom stereocenters. The minimum atomic E-state index is -0.248. The van der Waals surface area contributed by atoms with Crippen LogP contribution >= 0.6 is 0 Å². The van der Waals surface area contributed by atoms with Gasteiger partial charge in [0.2, 0.25) is 0 Å². The summed E-state index contributed by atoms with van der Waals surface area (Å²) in [5.74, 6) is 0.412. The Morgan fingerprint density at radius 1 is 0.794 bits per heavy atom. The predicted molar refractivity (Wildman–Crippen MR) is 137 cm³/mol. The zero-order chi connectivity index (χ0) is 23.3. The number of fused-ring (bicyclic) bond motifs is 4. The lowest BCUT2D eigenvalue weighted by atomic mass is 9.52. The lowest BCUT2D eigenvalue weighted by Crippen LogP contribution is -2.43. The summed E-state index contributed by atoms with van der Waals surface area (Å²) < 4.78 is 0. The third-order valence-corrected chi connectivity index (χ3v) is 9.12. The molecule has 3 aromatic carbocycles. The average molecular weight is 451 g/mol. The molecule has 34 heavy (non-hydrogen) atoms. The Kier molecular flexibility index (Phi) is 5.18. The van der Waals surface area contributed by atoms with E-state index in [-0.39, 0.29) is 16.9 Å². The lowest BCUT2D eigenvalue weighted by molar-refractivity contribution is 0.148. The molecule has 0 heterocycles. The van der Waals surface area contributed by atoms with Crippen molar-refractivity contribution in [3.8, 4) is 5.75 Å². The molecule has 0 spiro atoms. The highest BCUT2D eigenvalue weighted by Gasteiger charge is 2.54. The molecule has 3 aromatic rings. The van der Waals surface area contributed by atoms with E-state index in [0.29, 0.717) is 5.75 Å². The second-order valence-corrected chi connectivity index (χ2v) is 10.9. The van der Waals surface area contributed by atoms with Crippen molar-refractivity contribution in [1.29, 1.82) is 0 Å². The van der Waals surface area contributed by atoms with Gasteiger partial charge in [-0.3, -0.25) is 0 Å². The van der Waals surface area contributed by atoms with Crippen molar-refractivity contribution in [3.05, 3.63) is 112 Å². The van der Waals surface area contributed by atoms with Crippen LogP contribution in [0.25, 0.3) is 0 Å². The number of hydrogen-bond donors (Lipinski definition) is 2. The van der Waals surface area contributed by atoms with Gasteiger partial charge < -0.3 is 10.2 Å². The van der Waals surface area contributed by atoms with E-state index in [1.165, 1.54) is 22.3 Å². The second-order valence-electron chi connectivity index (χ2n) is 10.9. The molecule has 0 amide bonds. The maximum Gasteiger partial charge on any atom is 0.118 e. The minimum Gasteiger partial charge on any atom is -0.508 e. The van der Waals surface area contributed by atoms with Crippen molar-refractivity contribution < 1.29 is 10.2 Å². The number of phenols is 1. The van der Waals surface area contributed by atoms with Gasteiger partial charge in [-0.1, -0.05) is 77.9 Å². The molecule has 0 radical (unpaired) electrons. The van der Waals surface area contributed by atoms with Gasteiger partial charge in [0.15, 0.2) is 0 Å². The number of benzene rings is 3. The molecule has 3 aliphatic carbocycles. The minimum absolute atomic E-state index is 0.0486. The second kappa shape index (κ2) is 8.13. The first-order chi connectivity index (χ1) is 16.5. The fourth-order valence-electron chi connectivity index (χ4n) is 7.63. The topological polar surface area (TPSA) is 40.5 Å². The number of rotatable bonds is 4. The molecule has 3 aliphatic rings. The molecule has 1 fully saturated rings. The predicted octanol–water partition coefficient (Wildman–Crippen LogP) is 6.60. The van der Waals surface area contributed by atoms with Gasteiger partial charge in [0.1, 0.15) is 5.75 Å². The quantitative estimate of drug-likeness (QED) is 0.440. The number of aliphatic hydroxyl groups excluding tert-OH is 1. The molecule has 174 valence electrons. The summed E-state index contributed by atoms with van der Waals surface area (Å²) in [6.07, 6.45) is 7.65. The van der Waals surface area contributed by atoms with Crippen LogP contribution in [0, 0.1) is 12.3 Å². The Labute approximate surface area is 203 Å². The van der Waals surface area contributed by atoms with E-state index in [2.05, 4.69) is 73.7 Å². The van der Waals surface area contributed by atoms with Gasteiger partial charge in [0, 0.05) is 5.41 Å². The smallest absolute Gasteiger partial charge is 0.118 e. The molecule has 0 unspecified atom stereocenters. The van der Waals surface area contributed by atoms with E-state index in [4.69, 9.17) is 0 Å². The van der Waals surface area contributed by atoms with Crippen molar-refractivity contribution in [1.82, 2.24) is 0 Å². The van der Waals surface area contributed by atoms with Gasteiger partial charge in [0.05, 0.1) is 6.10 Å². The number of allylic oxidation sites excluding steroid dienone is 1. The van der Waals surface area contributed by atoms with Crippen LogP contribution in [0.5, 0.6) is 5.75 Å². The van der Waals surface area contributed by atoms with Gasteiger partial charge in [-0.2, -0.15) is 0 Å². The Morgan fingerprint density at radius 3 is 2.18 bits per heavy atom. The summed E-state index contributed by atoms with van der Waals surface area (Å²) in [5.41, 5.74) is 9.70. The normalized spacial score (nSPS) is 27.8. The van der Waals surface area contributed by atoms with E-state index in [1.807, 2.05) is 6.07 Å². The van der Waals surface area contributed by atoms with E-state index >= 15 is 0 Å². The van der Waals surface area contributed by atoms with Crippen molar-refractivity contribution in [2.75, 3.05) is 0 Å². The van der Waals surface area contributed by atoms with Crippen molar-refractivity contribution >= 4 is 0 Å². The molecule has 1 saturated carbocycles. The third kappa shape index (κ3) is 3.34. The van der Waals surface area contributed by atoms with Crippen molar-refractivity contribution in [2.24, 2.45) is 5.41 Å². The first-order valence-corrected chi connectivity index (χ1v) is 12.8. The summed E-state index contributed by atoms with van der Waals surface area (Å²) >= 11 is 0. The van der Waals surface area contributed by atoms with Crippen LogP contribution in [-0.2, 0) is 24.7 Å². The average Bonchev–Trinajstić information content (AvgIpc) is 3.18. The zero-order valence-electron chi connectivity index (χ0n) is 20.1. The highest BCUT2D eigenvalue weighted by atomic mass is 16.3. The Balaban J connectivity index is 1.54. The van der Waals surface area contributed by atoms with E-state index < -0.39 is 0 Å². The number of hydrogen-bond acceptors (Lipinski definition) is 2. The number of aliphatic hydroxyl groups is 1. The van der Waals surface area contributed by atoms with Crippen LogP contribution in [0.15, 0.2) is 83.9 Å². The monoisotopic (exact) mass is 450 g/mol. The maximum absolute atomic E-state index is 11.0. The van der Waals surface area contributed by atoms with E-state index in [9.17, 15) is 10.2 Å². The zero-order valence-corrected chi connectivity index (χ0v) is 20.1. The molecule has 0 aromatic heterocycles. The first-order valence-electron chi connectivity index (χ1n) is 12.8. The third-order valence-electron chi connectivity index (χ3n) is 9.12. The standard InChI is InChI=1S/C32H34O2/c1-22-26-12-13-28-29-18-25(33)21-31(29,19-23-8-4-2-5-9-23)16-17-32(28,27(26)14-15-30(22)34)20-24-10-6-3-7-11-24/h2-11,14-15,25,33-34H,12-13,16-21H2,1H3/t25-,31+,32-/m1/s1. The van der Waals surface area contributed by atoms with Gasteiger partial charge in [0.25, 0.3) is 0 Å². The highest BCUT2D eigenvalue weighted by Crippen LogP contribution is 2.62. The number of aromatic hydroxyl groups is 1. The van der Waals surface area contributed by atoms with Crippen LogP contribution in [0.2, 0.25) is 0 Å². The summed E-state index contributed by atoms with van der Waals surface area (Å²) in [5, 5.41) is 21.5. The van der Waals surface area contributed by atoms with Gasteiger partial charge in [-0.05, 0) is 97.6 Å². The van der Waals surface area contributed by atoms with E-state index in [0.717, 1.165) is 56.9 Å². The molecule has 0 saturated heterocycles.